The Balaban J connectivity index is 1.63. The standard InChI is InChI=1S/C15H19BrN2O/c1-9(14-5-10-2-3-11(14)4-10)18-15(19)12-6-13(16)8-17-7-12/h6-11,14H,2-5H2,1H3,(H,18,19)/t9-,10-,11-,14-/m0/s1. The molecule has 4 heteroatoms. The largest absolute Gasteiger partial charge is 0.349 e. The predicted molar refractivity (Wildman–Crippen MR) is 77.8 cm³/mol. The van der Waals surface area contributed by atoms with E-state index < -0.39 is 0 Å². The molecule has 19 heavy (non-hydrogen) atoms. The van der Waals surface area contributed by atoms with Crippen molar-refractivity contribution in [1.82, 2.24) is 10.3 Å². The van der Waals surface area contributed by atoms with Gasteiger partial charge in [-0.1, -0.05) is 6.42 Å². The second kappa shape index (κ2) is 5.23. The first-order valence-corrected chi connectivity index (χ1v) is 7.84. The molecule has 2 bridgehead atoms. The molecule has 1 heterocycles. The van der Waals surface area contributed by atoms with Crippen LogP contribution < -0.4 is 5.32 Å². The summed E-state index contributed by atoms with van der Waals surface area (Å²) in [5, 5.41) is 3.15. The van der Waals surface area contributed by atoms with Crippen LogP contribution in [0.2, 0.25) is 0 Å². The summed E-state index contributed by atoms with van der Waals surface area (Å²) < 4.78 is 0.840. The van der Waals surface area contributed by atoms with E-state index in [1.54, 1.807) is 12.4 Å². The van der Waals surface area contributed by atoms with Gasteiger partial charge in [0.1, 0.15) is 0 Å². The van der Waals surface area contributed by atoms with Crippen molar-refractivity contribution in [2.75, 3.05) is 0 Å². The maximum Gasteiger partial charge on any atom is 0.253 e. The summed E-state index contributed by atoms with van der Waals surface area (Å²) >= 11 is 3.35. The molecule has 102 valence electrons. The van der Waals surface area contributed by atoms with Crippen molar-refractivity contribution in [3.8, 4) is 0 Å². The maximum absolute atomic E-state index is 12.2. The van der Waals surface area contributed by atoms with Gasteiger partial charge >= 0.3 is 0 Å². The number of nitrogens with one attached hydrogen (secondary N) is 1. The van der Waals surface area contributed by atoms with Gasteiger partial charge in [-0.3, -0.25) is 9.78 Å². The molecule has 0 aliphatic heterocycles. The Morgan fingerprint density at radius 3 is 2.89 bits per heavy atom. The van der Waals surface area contributed by atoms with Gasteiger partial charge in [0.25, 0.3) is 5.91 Å². The van der Waals surface area contributed by atoms with Crippen LogP contribution in [0.15, 0.2) is 22.9 Å². The molecule has 0 aromatic carbocycles. The van der Waals surface area contributed by atoms with Crippen LogP contribution in [-0.4, -0.2) is 16.9 Å². The second-order valence-corrected chi connectivity index (χ2v) is 6.91. The first kappa shape index (κ1) is 13.1. The van der Waals surface area contributed by atoms with Crippen LogP contribution in [0.5, 0.6) is 0 Å². The summed E-state index contributed by atoms with van der Waals surface area (Å²) in [5.74, 6) is 2.41. The third-order valence-electron chi connectivity index (χ3n) is 4.76. The Hall–Kier alpha value is -0.900. The number of rotatable bonds is 3. The quantitative estimate of drug-likeness (QED) is 0.926. The number of hydrogen-bond donors (Lipinski definition) is 1. The fraction of sp³-hybridized carbons (Fsp3) is 0.600. The molecule has 2 aliphatic carbocycles. The molecule has 0 unspecified atom stereocenters. The summed E-state index contributed by atoms with van der Waals surface area (Å²) in [6, 6.07) is 2.08. The highest BCUT2D eigenvalue weighted by molar-refractivity contribution is 9.10. The van der Waals surface area contributed by atoms with Gasteiger partial charge in [-0.15, -0.1) is 0 Å². The lowest BCUT2D eigenvalue weighted by Gasteiger charge is -2.28. The number of carbonyl (C=O) groups excluding carboxylic acids is 1. The lowest BCUT2D eigenvalue weighted by atomic mass is 9.84. The number of halogens is 1. The monoisotopic (exact) mass is 322 g/mol. The lowest BCUT2D eigenvalue weighted by molar-refractivity contribution is 0.0915. The molecule has 2 fully saturated rings. The van der Waals surface area contributed by atoms with Gasteiger partial charge in [0.05, 0.1) is 5.56 Å². The highest BCUT2D eigenvalue weighted by Gasteiger charge is 2.42. The molecule has 1 aromatic heterocycles. The van der Waals surface area contributed by atoms with Gasteiger partial charge in [-0.25, -0.2) is 0 Å². The van der Waals surface area contributed by atoms with E-state index in [9.17, 15) is 4.79 Å². The molecular weight excluding hydrogens is 304 g/mol. The predicted octanol–water partition coefficient (Wildman–Crippen LogP) is 3.40. The van der Waals surface area contributed by atoms with Crippen molar-refractivity contribution in [3.05, 3.63) is 28.5 Å². The van der Waals surface area contributed by atoms with Crippen molar-refractivity contribution >= 4 is 21.8 Å². The Labute approximate surface area is 122 Å². The number of pyridine rings is 1. The minimum absolute atomic E-state index is 0.0101. The van der Waals surface area contributed by atoms with Crippen molar-refractivity contribution < 1.29 is 4.79 Å². The number of aromatic nitrogens is 1. The van der Waals surface area contributed by atoms with Crippen LogP contribution in [0.3, 0.4) is 0 Å². The van der Waals surface area contributed by atoms with Crippen LogP contribution in [0, 0.1) is 17.8 Å². The first-order valence-electron chi connectivity index (χ1n) is 7.05. The van der Waals surface area contributed by atoms with Gasteiger partial charge in [0.2, 0.25) is 0 Å². The van der Waals surface area contributed by atoms with E-state index in [2.05, 4.69) is 33.2 Å². The summed E-state index contributed by atoms with van der Waals surface area (Å²) in [6.07, 6.45) is 8.74. The van der Waals surface area contributed by atoms with Crippen molar-refractivity contribution in [2.45, 2.75) is 38.6 Å². The zero-order valence-electron chi connectivity index (χ0n) is 11.1. The maximum atomic E-state index is 12.2. The average molecular weight is 323 g/mol. The van der Waals surface area contributed by atoms with Gasteiger partial charge in [0, 0.05) is 22.9 Å². The van der Waals surface area contributed by atoms with Gasteiger partial charge in [-0.05, 0) is 65.9 Å². The van der Waals surface area contributed by atoms with Crippen LogP contribution >= 0.6 is 15.9 Å². The fourth-order valence-electron chi connectivity index (χ4n) is 3.84. The molecule has 2 aliphatic rings. The van der Waals surface area contributed by atoms with Crippen LogP contribution in [0.25, 0.3) is 0 Å². The summed E-state index contributed by atoms with van der Waals surface area (Å²) in [6.45, 7) is 2.15. The third-order valence-corrected chi connectivity index (χ3v) is 5.19. The van der Waals surface area contributed by atoms with E-state index in [-0.39, 0.29) is 11.9 Å². The summed E-state index contributed by atoms with van der Waals surface area (Å²) in [4.78, 5) is 16.2. The lowest BCUT2D eigenvalue weighted by Crippen LogP contribution is -2.40. The SMILES string of the molecule is C[C@H](NC(=O)c1cncc(Br)c1)[C@@H]1C[C@H]2CC[C@H]1C2. The Bertz CT molecular complexity index is 491. The summed E-state index contributed by atoms with van der Waals surface area (Å²) in [7, 11) is 0. The topological polar surface area (TPSA) is 42.0 Å². The molecular formula is C15H19BrN2O. The van der Waals surface area contributed by atoms with Crippen molar-refractivity contribution in [2.24, 2.45) is 17.8 Å². The van der Waals surface area contributed by atoms with Crippen LogP contribution in [-0.2, 0) is 0 Å². The van der Waals surface area contributed by atoms with E-state index in [1.807, 2.05) is 6.07 Å². The molecule has 1 aromatic rings. The Kier molecular flexibility index (Phi) is 3.61. The normalized spacial score (nSPS) is 30.3. The van der Waals surface area contributed by atoms with E-state index in [0.29, 0.717) is 11.5 Å². The highest BCUT2D eigenvalue weighted by Crippen LogP contribution is 2.49. The number of fused-ring (bicyclic) bond motifs is 2. The van der Waals surface area contributed by atoms with Crippen LogP contribution in [0.4, 0.5) is 0 Å². The number of hydrogen-bond acceptors (Lipinski definition) is 2. The van der Waals surface area contributed by atoms with E-state index >= 15 is 0 Å². The molecule has 1 N–H and O–H groups in total. The smallest absolute Gasteiger partial charge is 0.253 e. The van der Waals surface area contributed by atoms with Gasteiger partial charge < -0.3 is 5.32 Å². The van der Waals surface area contributed by atoms with Gasteiger partial charge in [-0.2, -0.15) is 0 Å². The van der Waals surface area contributed by atoms with Gasteiger partial charge in [0.15, 0.2) is 0 Å². The minimum atomic E-state index is -0.0101. The van der Waals surface area contributed by atoms with E-state index in [1.165, 1.54) is 25.7 Å². The zero-order chi connectivity index (χ0) is 13.4. The van der Waals surface area contributed by atoms with Crippen molar-refractivity contribution in [1.29, 1.82) is 0 Å². The molecule has 2 saturated carbocycles. The molecule has 0 spiro atoms. The Morgan fingerprint density at radius 1 is 1.42 bits per heavy atom. The number of amides is 1. The molecule has 0 saturated heterocycles. The van der Waals surface area contributed by atoms with Crippen molar-refractivity contribution in [3.63, 3.8) is 0 Å². The number of nitrogens with zero attached hydrogens (tertiary/aromatic N) is 1. The second-order valence-electron chi connectivity index (χ2n) is 5.99. The average Bonchev–Trinajstić information content (AvgIpc) is 3.00. The number of carbonyl (C=O) groups is 1. The molecule has 3 rings (SSSR count). The zero-order valence-corrected chi connectivity index (χ0v) is 12.7. The highest BCUT2D eigenvalue weighted by atomic mass is 79.9. The first-order chi connectivity index (χ1) is 9.13. The molecule has 1 amide bonds. The third kappa shape index (κ3) is 2.69. The minimum Gasteiger partial charge on any atom is -0.349 e. The van der Waals surface area contributed by atoms with E-state index in [4.69, 9.17) is 0 Å². The molecule has 3 nitrogen and oxygen atoms in total. The van der Waals surface area contributed by atoms with Crippen LogP contribution in [0.1, 0.15) is 43.0 Å². The van der Waals surface area contributed by atoms with E-state index in [0.717, 1.165) is 16.3 Å². The molecule has 4 atom stereocenters. The summed E-state index contributed by atoms with van der Waals surface area (Å²) in [5.41, 5.74) is 0.629. The Morgan fingerprint density at radius 2 is 2.26 bits per heavy atom. The molecule has 0 radical (unpaired) electrons. The fourth-order valence-corrected chi connectivity index (χ4v) is 4.20.